The van der Waals surface area contributed by atoms with Crippen LogP contribution in [0.3, 0.4) is 0 Å². The highest BCUT2D eigenvalue weighted by Crippen LogP contribution is 2.05. The molecule has 0 saturated heterocycles. The minimum atomic E-state index is -0.240. The molecule has 14 heavy (non-hydrogen) atoms. The highest BCUT2D eigenvalue weighted by molar-refractivity contribution is 5.75. The molecule has 1 aromatic rings. The summed E-state index contributed by atoms with van der Waals surface area (Å²) < 4.78 is 12.6. The van der Waals surface area contributed by atoms with E-state index in [9.17, 15) is 9.18 Å². The highest BCUT2D eigenvalue weighted by Gasteiger charge is 1.97. The fraction of sp³-hybridized carbons (Fsp3) is 0.417. The lowest BCUT2D eigenvalue weighted by Gasteiger charge is -1.97. The van der Waals surface area contributed by atoms with Crippen LogP contribution in [0.2, 0.25) is 0 Å². The Morgan fingerprint density at radius 1 is 1.36 bits per heavy atom. The lowest BCUT2D eigenvalue weighted by Crippen LogP contribution is -1.93. The zero-order valence-corrected chi connectivity index (χ0v) is 9.01. The van der Waals surface area contributed by atoms with Crippen LogP contribution in [0, 0.1) is 5.82 Å². The Kier molecular flexibility index (Phi) is 6.63. The molecule has 0 atom stereocenters. The van der Waals surface area contributed by atoms with E-state index in [0.29, 0.717) is 12.8 Å². The molecule has 2 heteroatoms. The monoisotopic (exact) mass is 196 g/mol. The molecule has 78 valence electrons. The van der Waals surface area contributed by atoms with Crippen LogP contribution in [0.25, 0.3) is 0 Å². The van der Waals surface area contributed by atoms with E-state index < -0.39 is 0 Å². The van der Waals surface area contributed by atoms with Crippen LogP contribution in [0.4, 0.5) is 4.39 Å². The molecule has 0 radical (unpaired) electrons. The summed E-state index contributed by atoms with van der Waals surface area (Å²) in [4.78, 5) is 10.6. The van der Waals surface area contributed by atoms with E-state index in [1.807, 2.05) is 19.9 Å². The van der Waals surface area contributed by atoms with Crippen molar-refractivity contribution in [2.45, 2.75) is 33.6 Å². The van der Waals surface area contributed by atoms with Crippen molar-refractivity contribution in [3.63, 3.8) is 0 Å². The van der Waals surface area contributed by atoms with Gasteiger partial charge in [-0.15, -0.1) is 0 Å². The Labute approximate surface area is 85.0 Å². The predicted molar refractivity (Wildman–Crippen MR) is 56.8 cm³/mol. The molecule has 1 nitrogen and oxygen atoms in total. The molecule has 1 rings (SSSR count). The molecule has 0 bridgehead atoms. The molecular weight excluding hydrogens is 179 g/mol. The van der Waals surface area contributed by atoms with Gasteiger partial charge in [0.2, 0.25) is 0 Å². The molecule has 0 aliphatic rings. The molecular formula is C12H17FO. The van der Waals surface area contributed by atoms with Crippen molar-refractivity contribution in [2.75, 3.05) is 0 Å². The number of rotatable bonds is 3. The first-order valence-corrected chi connectivity index (χ1v) is 4.92. The Morgan fingerprint density at radius 2 is 2.00 bits per heavy atom. The summed E-state index contributed by atoms with van der Waals surface area (Å²) in [6.07, 6.45) is 1.12. The number of carbonyl (C=O) groups excluding carboxylic acids is 1. The maximum Gasteiger partial charge on any atom is 0.130 e. The van der Waals surface area contributed by atoms with Crippen molar-refractivity contribution in [3.05, 3.63) is 35.6 Å². The Morgan fingerprint density at radius 3 is 2.50 bits per heavy atom. The SMILES string of the molecule is CC.CC(=O)CCc1cccc(F)c1. The van der Waals surface area contributed by atoms with E-state index >= 15 is 0 Å². The molecule has 0 aliphatic carbocycles. The predicted octanol–water partition coefficient (Wildman–Crippen LogP) is 3.37. The maximum atomic E-state index is 12.6. The Hall–Kier alpha value is -1.18. The largest absolute Gasteiger partial charge is 0.300 e. The van der Waals surface area contributed by atoms with Crippen LogP contribution >= 0.6 is 0 Å². The summed E-state index contributed by atoms with van der Waals surface area (Å²) in [6, 6.07) is 6.34. The minimum Gasteiger partial charge on any atom is -0.300 e. The van der Waals surface area contributed by atoms with Crippen molar-refractivity contribution in [3.8, 4) is 0 Å². The third-order valence-corrected chi connectivity index (χ3v) is 1.65. The zero-order chi connectivity index (χ0) is 11.0. The average Bonchev–Trinajstić information content (AvgIpc) is 2.18. The van der Waals surface area contributed by atoms with Gasteiger partial charge in [0.15, 0.2) is 0 Å². The van der Waals surface area contributed by atoms with Gasteiger partial charge < -0.3 is 4.79 Å². The second-order valence-electron chi connectivity index (χ2n) is 2.83. The molecule has 0 fully saturated rings. The molecule has 0 N–H and O–H groups in total. The van der Waals surface area contributed by atoms with Gasteiger partial charge in [0.05, 0.1) is 0 Å². The van der Waals surface area contributed by atoms with E-state index in [-0.39, 0.29) is 11.6 Å². The van der Waals surface area contributed by atoms with Crippen molar-refractivity contribution in [2.24, 2.45) is 0 Å². The molecule has 0 aromatic heterocycles. The summed E-state index contributed by atoms with van der Waals surface area (Å²) in [6.45, 7) is 5.54. The number of hydrogen-bond acceptors (Lipinski definition) is 1. The second kappa shape index (κ2) is 7.25. The summed E-state index contributed by atoms with van der Waals surface area (Å²) >= 11 is 0. The fourth-order valence-electron chi connectivity index (χ4n) is 1.01. The van der Waals surface area contributed by atoms with E-state index in [1.54, 1.807) is 13.0 Å². The van der Waals surface area contributed by atoms with Gasteiger partial charge in [-0.25, -0.2) is 4.39 Å². The van der Waals surface area contributed by atoms with Crippen LogP contribution in [-0.2, 0) is 11.2 Å². The molecule has 0 aliphatic heterocycles. The van der Waals surface area contributed by atoms with Gasteiger partial charge in [0, 0.05) is 6.42 Å². The topological polar surface area (TPSA) is 17.1 Å². The summed E-state index contributed by atoms with van der Waals surface area (Å²) in [5, 5.41) is 0. The van der Waals surface area contributed by atoms with E-state index in [4.69, 9.17) is 0 Å². The van der Waals surface area contributed by atoms with Gasteiger partial charge in [0.25, 0.3) is 0 Å². The lowest BCUT2D eigenvalue weighted by molar-refractivity contribution is -0.116. The number of benzene rings is 1. The van der Waals surface area contributed by atoms with Crippen LogP contribution in [0.15, 0.2) is 24.3 Å². The zero-order valence-electron chi connectivity index (χ0n) is 9.01. The molecule has 0 saturated carbocycles. The smallest absolute Gasteiger partial charge is 0.130 e. The average molecular weight is 196 g/mol. The van der Waals surface area contributed by atoms with Crippen molar-refractivity contribution in [1.29, 1.82) is 0 Å². The third kappa shape index (κ3) is 5.46. The quantitative estimate of drug-likeness (QED) is 0.724. The van der Waals surface area contributed by atoms with Gasteiger partial charge in [-0.05, 0) is 31.0 Å². The van der Waals surface area contributed by atoms with Crippen LogP contribution < -0.4 is 0 Å². The lowest BCUT2D eigenvalue weighted by atomic mass is 10.1. The summed E-state index contributed by atoms with van der Waals surface area (Å²) in [5.41, 5.74) is 0.880. The molecule has 0 spiro atoms. The summed E-state index contributed by atoms with van der Waals surface area (Å²) in [5.74, 6) is -0.102. The summed E-state index contributed by atoms with van der Waals surface area (Å²) in [7, 11) is 0. The standard InChI is InChI=1S/C10H11FO.C2H6/c1-8(12)5-6-9-3-2-4-10(11)7-9;1-2/h2-4,7H,5-6H2,1H3;1-2H3. The molecule has 0 unspecified atom stereocenters. The minimum absolute atomic E-state index is 0.138. The Balaban J connectivity index is 0.000000791. The fourth-order valence-corrected chi connectivity index (χ4v) is 1.01. The Bertz CT molecular complexity index is 281. The van der Waals surface area contributed by atoms with E-state index in [1.165, 1.54) is 12.1 Å². The van der Waals surface area contributed by atoms with Gasteiger partial charge in [0.1, 0.15) is 11.6 Å². The first kappa shape index (κ1) is 12.8. The van der Waals surface area contributed by atoms with Crippen LogP contribution in [0.5, 0.6) is 0 Å². The van der Waals surface area contributed by atoms with Gasteiger partial charge >= 0.3 is 0 Å². The third-order valence-electron chi connectivity index (χ3n) is 1.65. The number of Topliss-reactive ketones (excluding diaryl/α,β-unsaturated/α-hetero) is 1. The van der Waals surface area contributed by atoms with Crippen LogP contribution in [0.1, 0.15) is 32.8 Å². The first-order chi connectivity index (χ1) is 6.68. The molecule has 0 heterocycles. The van der Waals surface area contributed by atoms with Gasteiger partial charge in [-0.2, -0.15) is 0 Å². The number of carbonyl (C=O) groups is 1. The van der Waals surface area contributed by atoms with Crippen molar-refractivity contribution in [1.82, 2.24) is 0 Å². The van der Waals surface area contributed by atoms with Gasteiger partial charge in [-0.3, -0.25) is 0 Å². The second-order valence-corrected chi connectivity index (χ2v) is 2.83. The number of aryl methyl sites for hydroxylation is 1. The van der Waals surface area contributed by atoms with Crippen LogP contribution in [-0.4, -0.2) is 5.78 Å². The number of halogens is 1. The van der Waals surface area contributed by atoms with Gasteiger partial charge in [-0.1, -0.05) is 26.0 Å². The van der Waals surface area contributed by atoms with Crippen molar-refractivity contribution >= 4 is 5.78 Å². The molecule has 1 aromatic carbocycles. The van der Waals surface area contributed by atoms with E-state index in [2.05, 4.69) is 0 Å². The first-order valence-electron chi connectivity index (χ1n) is 4.92. The molecule has 0 amide bonds. The maximum absolute atomic E-state index is 12.6. The van der Waals surface area contributed by atoms with Crippen molar-refractivity contribution < 1.29 is 9.18 Å². The highest BCUT2D eigenvalue weighted by atomic mass is 19.1. The number of ketones is 1. The number of hydrogen-bond donors (Lipinski definition) is 0. The van der Waals surface area contributed by atoms with E-state index in [0.717, 1.165) is 5.56 Å². The normalized spacial score (nSPS) is 8.86.